The van der Waals surface area contributed by atoms with Crippen molar-refractivity contribution in [1.82, 2.24) is 0 Å². The van der Waals surface area contributed by atoms with Crippen LogP contribution in [0.2, 0.25) is 0 Å². The van der Waals surface area contributed by atoms with E-state index in [2.05, 4.69) is 0 Å². The van der Waals surface area contributed by atoms with E-state index in [4.69, 9.17) is 25.8 Å². The molecule has 1 aliphatic heterocycles. The fourth-order valence-corrected chi connectivity index (χ4v) is 1.45. The highest BCUT2D eigenvalue weighted by molar-refractivity contribution is 6.61. The van der Waals surface area contributed by atoms with Gasteiger partial charge in [-0.2, -0.15) is 0 Å². The Hall–Kier alpha value is -1.42. The van der Waals surface area contributed by atoms with Crippen LogP contribution in [0.25, 0.3) is 0 Å². The monoisotopic (exact) mass is 228 g/mol. The number of halogens is 1. The van der Waals surface area contributed by atoms with Gasteiger partial charge >= 0.3 is 5.43 Å². The van der Waals surface area contributed by atoms with Gasteiger partial charge in [0.1, 0.15) is 5.75 Å². The summed E-state index contributed by atoms with van der Waals surface area (Å²) in [5.74, 6) is 0.797. The second-order valence-electron chi connectivity index (χ2n) is 3.55. The molecule has 1 aromatic rings. The maximum Gasteiger partial charge on any atom is 0.409 e. The molecule has 0 amide bonds. The van der Waals surface area contributed by atoms with Gasteiger partial charge in [0.25, 0.3) is 0 Å². The summed E-state index contributed by atoms with van der Waals surface area (Å²) < 4.78 is 15.6. The smallest absolute Gasteiger partial charge is 0.409 e. The molecule has 1 aliphatic rings. The number of fused-ring (bicyclic) bond motifs is 1. The average Bonchev–Trinajstić information content (AvgIpc) is 2.36. The van der Waals surface area contributed by atoms with Gasteiger partial charge in [0.05, 0.1) is 0 Å². The van der Waals surface area contributed by atoms with Crippen molar-refractivity contribution in [3.05, 3.63) is 18.2 Å². The number of hydrogen-bond acceptors (Lipinski definition) is 4. The highest BCUT2D eigenvalue weighted by atomic mass is 35.5. The van der Waals surface area contributed by atoms with Crippen LogP contribution < -0.4 is 14.2 Å². The third kappa shape index (κ3) is 2.15. The van der Waals surface area contributed by atoms with Gasteiger partial charge in [-0.15, -0.1) is 0 Å². The van der Waals surface area contributed by atoms with Crippen LogP contribution in [0.4, 0.5) is 4.79 Å². The van der Waals surface area contributed by atoms with Crippen molar-refractivity contribution in [2.75, 3.05) is 0 Å². The van der Waals surface area contributed by atoms with Gasteiger partial charge in [-0.25, -0.2) is 4.79 Å². The molecule has 0 saturated heterocycles. The second-order valence-corrected chi connectivity index (χ2v) is 3.86. The highest BCUT2D eigenvalue weighted by Crippen LogP contribution is 2.41. The zero-order chi connectivity index (χ0) is 11.1. The molecule has 2 rings (SSSR count). The summed E-state index contributed by atoms with van der Waals surface area (Å²) in [4.78, 5) is 10.5. The molecule has 1 aromatic carbocycles. The van der Waals surface area contributed by atoms with Gasteiger partial charge in [-0.3, -0.25) is 0 Å². The SMILES string of the molecule is CC1(C)Oc2ccc(OC(=O)Cl)cc2O1. The maximum atomic E-state index is 10.5. The van der Waals surface area contributed by atoms with Crippen molar-refractivity contribution in [1.29, 1.82) is 0 Å². The van der Waals surface area contributed by atoms with Crippen LogP contribution in [-0.4, -0.2) is 11.2 Å². The van der Waals surface area contributed by atoms with Crippen LogP contribution in [0.15, 0.2) is 18.2 Å². The lowest BCUT2D eigenvalue weighted by atomic mass is 10.3. The molecule has 0 radical (unpaired) electrons. The Balaban J connectivity index is 2.26. The van der Waals surface area contributed by atoms with Crippen LogP contribution in [0.3, 0.4) is 0 Å². The predicted molar refractivity (Wildman–Crippen MR) is 53.7 cm³/mol. The Bertz CT molecular complexity index is 414. The summed E-state index contributed by atoms with van der Waals surface area (Å²) >= 11 is 5.09. The highest BCUT2D eigenvalue weighted by Gasteiger charge is 2.31. The fourth-order valence-electron chi connectivity index (χ4n) is 1.36. The third-order valence-corrected chi connectivity index (χ3v) is 1.90. The molecule has 0 fully saturated rings. The Morgan fingerprint density at radius 3 is 2.67 bits per heavy atom. The van der Waals surface area contributed by atoms with Crippen molar-refractivity contribution in [2.24, 2.45) is 0 Å². The average molecular weight is 229 g/mol. The first-order chi connectivity index (χ1) is 6.96. The lowest BCUT2D eigenvalue weighted by Crippen LogP contribution is -2.29. The van der Waals surface area contributed by atoms with E-state index in [1.807, 2.05) is 0 Å². The normalized spacial score (nSPS) is 16.2. The molecule has 15 heavy (non-hydrogen) atoms. The van der Waals surface area contributed by atoms with Crippen LogP contribution in [0, 0.1) is 0 Å². The summed E-state index contributed by atoms with van der Waals surface area (Å²) in [6.45, 7) is 3.58. The van der Waals surface area contributed by atoms with E-state index in [-0.39, 0.29) is 0 Å². The van der Waals surface area contributed by atoms with Crippen molar-refractivity contribution in [3.8, 4) is 17.2 Å². The van der Waals surface area contributed by atoms with Gasteiger partial charge in [0, 0.05) is 31.5 Å². The van der Waals surface area contributed by atoms with Gasteiger partial charge < -0.3 is 14.2 Å². The van der Waals surface area contributed by atoms with Gasteiger partial charge in [0.15, 0.2) is 11.5 Å². The number of benzene rings is 1. The third-order valence-electron chi connectivity index (χ3n) is 1.82. The Labute approximate surface area is 91.7 Å². The van der Waals surface area contributed by atoms with E-state index in [0.29, 0.717) is 17.2 Å². The van der Waals surface area contributed by atoms with Crippen LogP contribution in [-0.2, 0) is 0 Å². The van der Waals surface area contributed by atoms with Crippen LogP contribution in [0.5, 0.6) is 17.2 Å². The molecule has 80 valence electrons. The van der Waals surface area contributed by atoms with E-state index < -0.39 is 11.2 Å². The zero-order valence-electron chi connectivity index (χ0n) is 8.24. The van der Waals surface area contributed by atoms with E-state index >= 15 is 0 Å². The maximum absolute atomic E-state index is 10.5. The van der Waals surface area contributed by atoms with Gasteiger partial charge in [-0.1, -0.05) is 0 Å². The van der Waals surface area contributed by atoms with E-state index in [1.165, 1.54) is 0 Å². The molecule has 5 heteroatoms. The summed E-state index contributed by atoms with van der Waals surface area (Å²) in [6.07, 6.45) is 0. The van der Waals surface area contributed by atoms with Crippen LogP contribution in [0.1, 0.15) is 13.8 Å². The molecule has 0 aliphatic carbocycles. The predicted octanol–water partition coefficient (Wildman–Crippen LogP) is 2.93. The molecule has 0 unspecified atom stereocenters. The molecule has 0 N–H and O–H groups in total. The van der Waals surface area contributed by atoms with Gasteiger partial charge in [0.2, 0.25) is 5.79 Å². The minimum Gasteiger partial charge on any atom is -0.449 e. The quantitative estimate of drug-likeness (QED) is 0.694. The van der Waals surface area contributed by atoms with Crippen molar-refractivity contribution in [2.45, 2.75) is 19.6 Å². The minimum absolute atomic E-state index is 0.329. The molecule has 0 atom stereocenters. The summed E-state index contributed by atoms with van der Waals surface area (Å²) in [7, 11) is 0. The molecule has 0 bridgehead atoms. The summed E-state index contributed by atoms with van der Waals surface area (Å²) in [6, 6.07) is 4.81. The topological polar surface area (TPSA) is 44.8 Å². The zero-order valence-corrected chi connectivity index (χ0v) is 9.00. The first-order valence-corrected chi connectivity index (χ1v) is 4.73. The van der Waals surface area contributed by atoms with Crippen molar-refractivity contribution < 1.29 is 19.0 Å². The first kappa shape index (κ1) is 10.1. The molecule has 0 spiro atoms. The van der Waals surface area contributed by atoms with E-state index in [0.717, 1.165) is 0 Å². The standard InChI is InChI=1S/C10H9ClO4/c1-10(2)14-7-4-3-6(13-9(11)12)5-8(7)15-10/h3-5H,1-2H3. The number of carbonyl (C=O) groups is 1. The first-order valence-electron chi connectivity index (χ1n) is 4.36. The molecule has 1 heterocycles. The van der Waals surface area contributed by atoms with Crippen LogP contribution >= 0.6 is 11.6 Å². The lowest BCUT2D eigenvalue weighted by Gasteiger charge is -2.16. The molecule has 0 aromatic heterocycles. The number of carbonyl (C=O) groups excluding carboxylic acids is 1. The number of ether oxygens (including phenoxy) is 3. The number of hydrogen-bond donors (Lipinski definition) is 0. The molecule has 0 saturated carbocycles. The Kier molecular flexibility index (Phi) is 2.23. The van der Waals surface area contributed by atoms with E-state index in [9.17, 15) is 4.79 Å². The minimum atomic E-state index is -0.881. The lowest BCUT2D eigenvalue weighted by molar-refractivity contribution is -0.0431. The molecular formula is C10H9ClO4. The number of rotatable bonds is 1. The fraction of sp³-hybridized carbons (Fsp3) is 0.300. The molecular weight excluding hydrogens is 220 g/mol. The largest absolute Gasteiger partial charge is 0.449 e. The summed E-state index contributed by atoms with van der Waals surface area (Å²) in [5, 5.41) is 0. The van der Waals surface area contributed by atoms with Gasteiger partial charge in [-0.05, 0) is 12.1 Å². The Morgan fingerprint density at radius 2 is 2.00 bits per heavy atom. The molecule has 4 nitrogen and oxygen atoms in total. The Morgan fingerprint density at radius 1 is 1.33 bits per heavy atom. The second kappa shape index (κ2) is 3.31. The summed E-state index contributed by atoms with van der Waals surface area (Å²) in [5.41, 5.74) is -0.881. The van der Waals surface area contributed by atoms with E-state index in [1.54, 1.807) is 32.0 Å². The van der Waals surface area contributed by atoms with Crippen molar-refractivity contribution in [3.63, 3.8) is 0 Å². The van der Waals surface area contributed by atoms with Crippen molar-refractivity contribution >= 4 is 17.0 Å².